The molecule has 1 aliphatic rings. The zero-order valence-electron chi connectivity index (χ0n) is 11.0. The van der Waals surface area contributed by atoms with Crippen LogP contribution in [-0.2, 0) is 11.3 Å². The molecule has 2 amide bonds. The summed E-state index contributed by atoms with van der Waals surface area (Å²) in [4.78, 5) is 24.3. The number of carbonyl (C=O) groups excluding carboxylic acids is 2. The van der Waals surface area contributed by atoms with Crippen molar-refractivity contribution in [1.29, 1.82) is 0 Å². The van der Waals surface area contributed by atoms with Crippen LogP contribution in [0.25, 0.3) is 0 Å². The van der Waals surface area contributed by atoms with Crippen molar-refractivity contribution in [2.24, 2.45) is 0 Å². The summed E-state index contributed by atoms with van der Waals surface area (Å²) in [5.74, 6) is -0.252. The number of hydrogen-bond donors (Lipinski definition) is 2. The molecule has 0 radical (unpaired) electrons. The van der Waals surface area contributed by atoms with Crippen LogP contribution in [0.4, 0.5) is 5.69 Å². The fraction of sp³-hybridized carbons (Fsp3) is 0.308. The van der Waals surface area contributed by atoms with E-state index in [-0.39, 0.29) is 18.4 Å². The number of anilines is 1. The predicted octanol–water partition coefficient (Wildman–Crippen LogP) is 2.24. The van der Waals surface area contributed by atoms with Crippen LogP contribution in [0, 0.1) is 0 Å². The summed E-state index contributed by atoms with van der Waals surface area (Å²) < 4.78 is 2.28. The standard InChI is InChI=1S/C13H13BrN4O2S/c14-10-3-4-21-12(10)13(20)17-9-5-15-18(6-9)7-11(19)16-8-1-2-8/h3-6,8H,1-2,7H2,(H,16,19)(H,17,20). The first-order chi connectivity index (χ1) is 10.1. The van der Waals surface area contributed by atoms with E-state index in [2.05, 4.69) is 31.7 Å². The number of rotatable bonds is 5. The first-order valence-corrected chi connectivity index (χ1v) is 8.15. The van der Waals surface area contributed by atoms with Gasteiger partial charge in [0.15, 0.2) is 0 Å². The van der Waals surface area contributed by atoms with Crippen molar-refractivity contribution < 1.29 is 9.59 Å². The number of carbonyl (C=O) groups is 2. The molecule has 21 heavy (non-hydrogen) atoms. The van der Waals surface area contributed by atoms with Crippen molar-refractivity contribution in [3.8, 4) is 0 Å². The molecule has 0 aliphatic heterocycles. The summed E-state index contributed by atoms with van der Waals surface area (Å²) in [6.07, 6.45) is 5.29. The SMILES string of the molecule is O=C(Cn1cc(NC(=O)c2sccc2Br)cn1)NC1CC1. The van der Waals surface area contributed by atoms with Crippen LogP contribution in [-0.4, -0.2) is 27.6 Å². The van der Waals surface area contributed by atoms with Crippen LogP contribution in [0.3, 0.4) is 0 Å². The lowest BCUT2D eigenvalue weighted by Crippen LogP contribution is -2.29. The smallest absolute Gasteiger partial charge is 0.266 e. The highest BCUT2D eigenvalue weighted by Gasteiger charge is 2.23. The van der Waals surface area contributed by atoms with Crippen molar-refractivity contribution in [2.45, 2.75) is 25.4 Å². The number of halogens is 1. The maximum Gasteiger partial charge on any atom is 0.266 e. The fourth-order valence-electron chi connectivity index (χ4n) is 1.81. The van der Waals surface area contributed by atoms with Gasteiger partial charge in [-0.2, -0.15) is 5.10 Å². The lowest BCUT2D eigenvalue weighted by molar-refractivity contribution is -0.122. The zero-order valence-corrected chi connectivity index (χ0v) is 13.4. The highest BCUT2D eigenvalue weighted by molar-refractivity contribution is 9.10. The van der Waals surface area contributed by atoms with E-state index in [1.54, 1.807) is 6.20 Å². The van der Waals surface area contributed by atoms with Crippen molar-refractivity contribution in [3.05, 3.63) is 33.2 Å². The largest absolute Gasteiger partial charge is 0.352 e. The minimum absolute atomic E-state index is 0.0560. The monoisotopic (exact) mass is 368 g/mol. The van der Waals surface area contributed by atoms with Crippen molar-refractivity contribution in [3.63, 3.8) is 0 Å². The Labute approximate surface area is 133 Å². The summed E-state index contributed by atoms with van der Waals surface area (Å²) in [5.41, 5.74) is 0.569. The Hall–Kier alpha value is -1.67. The zero-order chi connectivity index (χ0) is 14.8. The Morgan fingerprint density at radius 3 is 2.95 bits per heavy atom. The Morgan fingerprint density at radius 1 is 1.48 bits per heavy atom. The average Bonchev–Trinajstić information content (AvgIpc) is 2.95. The second kappa shape index (κ2) is 5.98. The van der Waals surface area contributed by atoms with Gasteiger partial charge >= 0.3 is 0 Å². The summed E-state index contributed by atoms with van der Waals surface area (Å²) in [7, 11) is 0. The molecule has 1 fully saturated rings. The topological polar surface area (TPSA) is 76.0 Å². The molecule has 0 spiro atoms. The van der Waals surface area contributed by atoms with Crippen molar-refractivity contribution in [1.82, 2.24) is 15.1 Å². The van der Waals surface area contributed by atoms with E-state index in [0.717, 1.165) is 17.3 Å². The predicted molar refractivity (Wildman–Crippen MR) is 83.4 cm³/mol. The van der Waals surface area contributed by atoms with E-state index in [1.165, 1.54) is 22.2 Å². The van der Waals surface area contributed by atoms with E-state index in [9.17, 15) is 9.59 Å². The van der Waals surface area contributed by atoms with Gasteiger partial charge in [0, 0.05) is 16.7 Å². The Bertz CT molecular complexity index is 677. The van der Waals surface area contributed by atoms with E-state index in [0.29, 0.717) is 16.6 Å². The fourth-order valence-corrected chi connectivity index (χ4v) is 3.25. The third-order valence-corrected chi connectivity index (χ3v) is 4.80. The molecule has 0 aromatic carbocycles. The first kappa shape index (κ1) is 14.3. The lowest BCUT2D eigenvalue weighted by atomic mass is 10.4. The minimum Gasteiger partial charge on any atom is -0.352 e. The van der Waals surface area contributed by atoms with Crippen molar-refractivity contribution >= 4 is 44.8 Å². The lowest BCUT2D eigenvalue weighted by Gasteiger charge is -2.03. The molecule has 2 heterocycles. The molecule has 8 heteroatoms. The third-order valence-electron chi connectivity index (χ3n) is 2.96. The molecule has 0 saturated heterocycles. The summed E-state index contributed by atoms with van der Waals surface area (Å²) in [6, 6.07) is 2.16. The van der Waals surface area contributed by atoms with Crippen LogP contribution < -0.4 is 10.6 Å². The van der Waals surface area contributed by atoms with E-state index in [4.69, 9.17) is 0 Å². The number of hydrogen-bond acceptors (Lipinski definition) is 4. The molecule has 6 nitrogen and oxygen atoms in total. The van der Waals surface area contributed by atoms with Crippen molar-refractivity contribution in [2.75, 3.05) is 5.32 Å². The Kier molecular flexibility index (Phi) is 4.07. The highest BCUT2D eigenvalue weighted by Crippen LogP contribution is 2.23. The van der Waals surface area contributed by atoms with Gasteiger partial charge in [-0.3, -0.25) is 14.3 Å². The van der Waals surface area contributed by atoms with Gasteiger partial charge in [-0.15, -0.1) is 11.3 Å². The normalized spacial score (nSPS) is 14.0. The second-order valence-corrected chi connectivity index (χ2v) is 6.59. The number of aromatic nitrogens is 2. The van der Waals surface area contributed by atoms with Gasteiger partial charge in [0.25, 0.3) is 5.91 Å². The molecular formula is C13H13BrN4O2S. The molecule has 2 N–H and O–H groups in total. The van der Waals surface area contributed by atoms with Gasteiger partial charge in [-0.05, 0) is 40.2 Å². The Balaban J connectivity index is 1.58. The van der Waals surface area contributed by atoms with Gasteiger partial charge < -0.3 is 10.6 Å². The van der Waals surface area contributed by atoms with Crippen LogP contribution in [0.15, 0.2) is 28.3 Å². The molecule has 1 aliphatic carbocycles. The van der Waals surface area contributed by atoms with Crippen LogP contribution in [0.5, 0.6) is 0 Å². The summed E-state index contributed by atoms with van der Waals surface area (Å²) >= 11 is 4.68. The molecule has 2 aromatic rings. The number of thiophene rings is 1. The molecule has 3 rings (SSSR count). The molecule has 0 bridgehead atoms. The van der Waals surface area contributed by atoms with Gasteiger partial charge in [-0.25, -0.2) is 0 Å². The van der Waals surface area contributed by atoms with E-state index in [1.807, 2.05) is 11.4 Å². The molecule has 110 valence electrons. The van der Waals surface area contributed by atoms with E-state index >= 15 is 0 Å². The maximum absolute atomic E-state index is 12.0. The highest BCUT2D eigenvalue weighted by atomic mass is 79.9. The van der Waals surface area contributed by atoms with Gasteiger partial charge in [0.05, 0.1) is 11.9 Å². The molecule has 1 saturated carbocycles. The average molecular weight is 369 g/mol. The van der Waals surface area contributed by atoms with Gasteiger partial charge in [0.1, 0.15) is 11.4 Å². The minimum atomic E-state index is -0.196. The summed E-state index contributed by atoms with van der Waals surface area (Å²) in [5, 5.41) is 11.6. The first-order valence-electron chi connectivity index (χ1n) is 6.48. The number of amides is 2. The van der Waals surface area contributed by atoms with Gasteiger partial charge in [0.2, 0.25) is 5.91 Å². The molecule has 0 atom stereocenters. The van der Waals surface area contributed by atoms with E-state index < -0.39 is 0 Å². The maximum atomic E-state index is 12.0. The number of nitrogens with zero attached hydrogens (tertiary/aromatic N) is 2. The molecule has 0 unspecified atom stereocenters. The third kappa shape index (κ3) is 3.70. The Morgan fingerprint density at radius 2 is 2.29 bits per heavy atom. The quantitative estimate of drug-likeness (QED) is 0.849. The molecular weight excluding hydrogens is 356 g/mol. The number of nitrogens with one attached hydrogen (secondary N) is 2. The second-order valence-electron chi connectivity index (χ2n) is 4.82. The van der Waals surface area contributed by atoms with Crippen LogP contribution in [0.2, 0.25) is 0 Å². The molecule has 2 aromatic heterocycles. The van der Waals surface area contributed by atoms with Gasteiger partial charge in [-0.1, -0.05) is 0 Å². The summed E-state index contributed by atoms with van der Waals surface area (Å²) in [6.45, 7) is 0.162. The van der Waals surface area contributed by atoms with Crippen LogP contribution >= 0.6 is 27.3 Å². The van der Waals surface area contributed by atoms with Crippen LogP contribution in [0.1, 0.15) is 22.5 Å².